The van der Waals surface area contributed by atoms with Gasteiger partial charge in [0.25, 0.3) is 0 Å². The van der Waals surface area contributed by atoms with Crippen molar-refractivity contribution in [2.75, 3.05) is 6.54 Å². The lowest BCUT2D eigenvalue weighted by atomic mass is 9.96. The van der Waals surface area contributed by atoms with Gasteiger partial charge in [-0.25, -0.2) is 9.78 Å². The minimum absolute atomic E-state index is 0.0407. The van der Waals surface area contributed by atoms with E-state index < -0.39 is 5.60 Å². The van der Waals surface area contributed by atoms with E-state index in [-0.39, 0.29) is 18.2 Å². The lowest BCUT2D eigenvalue weighted by molar-refractivity contribution is 0.00907. The summed E-state index contributed by atoms with van der Waals surface area (Å²) in [5.74, 6) is 0.614. The topological polar surface area (TPSA) is 51.7 Å². The largest absolute Gasteiger partial charge is 0.475 e. The maximum Gasteiger partial charge on any atom is 0.410 e. The molecule has 0 bridgehead atoms. The molecule has 5 nitrogen and oxygen atoms in total. The molecule has 2 rings (SSSR count). The number of aromatic nitrogens is 1. The van der Waals surface area contributed by atoms with Gasteiger partial charge in [0, 0.05) is 18.3 Å². The summed E-state index contributed by atoms with van der Waals surface area (Å²) in [5, 5.41) is 0. The molecule has 1 aliphatic rings. The molecule has 1 aliphatic heterocycles. The Kier molecular flexibility index (Phi) is 5.50. The first kappa shape index (κ1) is 17.6. The van der Waals surface area contributed by atoms with Crippen molar-refractivity contribution in [2.45, 2.75) is 71.6 Å². The third-order valence-corrected chi connectivity index (χ3v) is 3.64. The number of amides is 1. The molecule has 1 atom stereocenters. The number of carbonyl (C=O) groups excluding carboxylic acids is 1. The summed E-state index contributed by atoms with van der Waals surface area (Å²) >= 11 is 0. The van der Waals surface area contributed by atoms with Crippen LogP contribution in [-0.4, -0.2) is 34.2 Å². The molecular formula is C18H28N2O3. The average molecular weight is 320 g/mol. The molecule has 1 aromatic rings. The van der Waals surface area contributed by atoms with Gasteiger partial charge in [-0.1, -0.05) is 6.07 Å². The van der Waals surface area contributed by atoms with Crippen molar-refractivity contribution in [3.8, 4) is 5.88 Å². The Morgan fingerprint density at radius 2 is 2.09 bits per heavy atom. The fraction of sp³-hybridized carbons (Fsp3) is 0.667. The van der Waals surface area contributed by atoms with Crippen molar-refractivity contribution in [3.63, 3.8) is 0 Å². The van der Waals surface area contributed by atoms with Gasteiger partial charge in [0.2, 0.25) is 5.88 Å². The highest BCUT2D eigenvalue weighted by atomic mass is 16.6. The predicted molar refractivity (Wildman–Crippen MR) is 89.5 cm³/mol. The maximum absolute atomic E-state index is 12.6. The molecule has 0 N–H and O–H groups in total. The Balaban J connectivity index is 2.26. The van der Waals surface area contributed by atoms with Crippen LogP contribution in [-0.2, 0) is 4.74 Å². The van der Waals surface area contributed by atoms with E-state index >= 15 is 0 Å². The lowest BCUT2D eigenvalue weighted by Gasteiger charge is -2.37. The van der Waals surface area contributed by atoms with Crippen LogP contribution < -0.4 is 4.74 Å². The summed E-state index contributed by atoms with van der Waals surface area (Å²) in [5.41, 5.74) is 0.470. The Hall–Kier alpha value is -1.78. The third kappa shape index (κ3) is 4.85. The zero-order chi connectivity index (χ0) is 17.0. The van der Waals surface area contributed by atoms with Gasteiger partial charge in [0.15, 0.2) is 0 Å². The minimum atomic E-state index is -0.495. The fourth-order valence-corrected chi connectivity index (χ4v) is 2.77. The van der Waals surface area contributed by atoms with Crippen molar-refractivity contribution in [1.82, 2.24) is 9.88 Å². The van der Waals surface area contributed by atoms with Crippen LogP contribution in [0.5, 0.6) is 5.88 Å². The Morgan fingerprint density at radius 1 is 1.35 bits per heavy atom. The lowest BCUT2D eigenvalue weighted by Crippen LogP contribution is -2.42. The highest BCUT2D eigenvalue weighted by molar-refractivity contribution is 5.69. The molecule has 0 aliphatic carbocycles. The molecule has 1 unspecified atom stereocenters. The SMILES string of the molecule is CC(C)Oc1ncccc1C1CCCCN1C(=O)OC(C)(C)C. The Labute approximate surface area is 139 Å². The number of hydrogen-bond acceptors (Lipinski definition) is 4. The summed E-state index contributed by atoms with van der Waals surface area (Å²) in [4.78, 5) is 18.8. The van der Waals surface area contributed by atoms with Gasteiger partial charge in [-0.2, -0.15) is 0 Å². The van der Waals surface area contributed by atoms with Gasteiger partial charge >= 0.3 is 6.09 Å². The second-order valence-corrected chi connectivity index (χ2v) is 7.25. The molecule has 1 amide bonds. The van der Waals surface area contributed by atoms with E-state index in [1.165, 1.54) is 0 Å². The molecule has 0 aromatic carbocycles. The van der Waals surface area contributed by atoms with Crippen LogP contribution in [0.1, 0.15) is 65.5 Å². The van der Waals surface area contributed by atoms with Crippen LogP contribution in [0.2, 0.25) is 0 Å². The van der Waals surface area contributed by atoms with Gasteiger partial charge < -0.3 is 14.4 Å². The van der Waals surface area contributed by atoms with E-state index in [1.807, 2.05) is 51.7 Å². The Morgan fingerprint density at radius 3 is 2.74 bits per heavy atom. The second kappa shape index (κ2) is 7.20. The Bertz CT molecular complexity index is 537. The monoisotopic (exact) mass is 320 g/mol. The maximum atomic E-state index is 12.6. The van der Waals surface area contributed by atoms with Crippen molar-refractivity contribution in [1.29, 1.82) is 0 Å². The van der Waals surface area contributed by atoms with E-state index in [2.05, 4.69) is 4.98 Å². The molecule has 5 heteroatoms. The average Bonchev–Trinajstić information content (AvgIpc) is 2.45. The first-order valence-corrected chi connectivity index (χ1v) is 8.39. The van der Waals surface area contributed by atoms with Gasteiger partial charge in [0.05, 0.1) is 12.1 Å². The van der Waals surface area contributed by atoms with Gasteiger partial charge in [-0.15, -0.1) is 0 Å². The molecule has 0 radical (unpaired) electrons. The normalized spacial score (nSPS) is 18.9. The summed E-state index contributed by atoms with van der Waals surface area (Å²) in [7, 11) is 0. The molecule has 1 aromatic heterocycles. The third-order valence-electron chi connectivity index (χ3n) is 3.64. The van der Waals surface area contributed by atoms with E-state index in [1.54, 1.807) is 6.20 Å². The number of carbonyl (C=O) groups is 1. The molecule has 1 saturated heterocycles. The van der Waals surface area contributed by atoms with Crippen LogP contribution in [0.4, 0.5) is 4.79 Å². The van der Waals surface area contributed by atoms with Crippen LogP contribution in [0.3, 0.4) is 0 Å². The zero-order valence-electron chi connectivity index (χ0n) is 14.8. The van der Waals surface area contributed by atoms with Crippen LogP contribution in [0.25, 0.3) is 0 Å². The van der Waals surface area contributed by atoms with Gasteiger partial charge in [-0.3, -0.25) is 0 Å². The van der Waals surface area contributed by atoms with Crippen molar-refractivity contribution < 1.29 is 14.3 Å². The van der Waals surface area contributed by atoms with Crippen LogP contribution in [0, 0.1) is 0 Å². The molecule has 128 valence electrons. The molecule has 0 spiro atoms. The highest BCUT2D eigenvalue weighted by Crippen LogP contribution is 2.36. The summed E-state index contributed by atoms with van der Waals surface area (Å²) in [6.07, 6.45) is 4.49. The highest BCUT2D eigenvalue weighted by Gasteiger charge is 2.33. The minimum Gasteiger partial charge on any atom is -0.475 e. The number of likely N-dealkylation sites (tertiary alicyclic amines) is 1. The number of piperidine rings is 1. The summed E-state index contributed by atoms with van der Waals surface area (Å²) < 4.78 is 11.4. The zero-order valence-corrected chi connectivity index (χ0v) is 14.8. The molecule has 1 fully saturated rings. The smallest absolute Gasteiger partial charge is 0.410 e. The first-order valence-electron chi connectivity index (χ1n) is 8.39. The molecule has 2 heterocycles. The summed E-state index contributed by atoms with van der Waals surface area (Å²) in [6, 6.07) is 3.85. The van der Waals surface area contributed by atoms with Gasteiger partial charge in [0.1, 0.15) is 5.60 Å². The quantitative estimate of drug-likeness (QED) is 0.831. The number of nitrogens with zero attached hydrogens (tertiary/aromatic N) is 2. The molecule has 23 heavy (non-hydrogen) atoms. The van der Waals surface area contributed by atoms with E-state index in [0.29, 0.717) is 12.4 Å². The van der Waals surface area contributed by atoms with Crippen molar-refractivity contribution in [3.05, 3.63) is 23.9 Å². The number of pyridine rings is 1. The van der Waals surface area contributed by atoms with Crippen LogP contribution >= 0.6 is 0 Å². The molecular weight excluding hydrogens is 292 g/mol. The van der Waals surface area contributed by atoms with Crippen molar-refractivity contribution >= 4 is 6.09 Å². The van der Waals surface area contributed by atoms with Gasteiger partial charge in [-0.05, 0) is 59.9 Å². The molecule has 0 saturated carbocycles. The van der Waals surface area contributed by atoms with E-state index in [4.69, 9.17) is 9.47 Å². The number of rotatable bonds is 3. The fourth-order valence-electron chi connectivity index (χ4n) is 2.77. The van der Waals surface area contributed by atoms with E-state index in [0.717, 1.165) is 24.8 Å². The number of hydrogen-bond donors (Lipinski definition) is 0. The van der Waals surface area contributed by atoms with E-state index in [9.17, 15) is 4.79 Å². The first-order chi connectivity index (χ1) is 10.8. The van der Waals surface area contributed by atoms with Crippen LogP contribution in [0.15, 0.2) is 18.3 Å². The standard InChI is InChI=1S/C18H28N2O3/c1-13(2)22-16-14(9-8-11-19-16)15-10-6-7-12-20(15)17(21)23-18(3,4)5/h8-9,11,13,15H,6-7,10,12H2,1-5H3. The number of ether oxygens (including phenoxy) is 2. The van der Waals surface area contributed by atoms with Crippen molar-refractivity contribution in [2.24, 2.45) is 0 Å². The predicted octanol–water partition coefficient (Wildman–Crippen LogP) is 4.33. The summed E-state index contributed by atoms with van der Waals surface area (Å²) in [6.45, 7) is 10.3. The second-order valence-electron chi connectivity index (χ2n) is 7.25.